The van der Waals surface area contributed by atoms with Crippen molar-refractivity contribution in [1.29, 1.82) is 0 Å². The normalized spacial score (nSPS) is 20.3. The number of aryl methyl sites for hydroxylation is 2. The molecule has 1 N–H and O–H groups in total. The fourth-order valence-corrected chi connectivity index (χ4v) is 2.59. The van der Waals surface area contributed by atoms with E-state index in [4.69, 9.17) is 0 Å². The Balaban J connectivity index is 2.18. The third-order valence-corrected chi connectivity index (χ3v) is 3.24. The number of fused-ring (bicyclic) bond motifs is 1. The van der Waals surface area contributed by atoms with E-state index >= 15 is 0 Å². The van der Waals surface area contributed by atoms with Gasteiger partial charge in [0.1, 0.15) is 0 Å². The number of nitrogens with zero attached hydrogens (tertiary/aromatic N) is 1. The summed E-state index contributed by atoms with van der Waals surface area (Å²) in [5, 5.41) is 3.58. The third-order valence-electron chi connectivity index (χ3n) is 3.24. The van der Waals surface area contributed by atoms with Crippen LogP contribution in [-0.2, 0) is 13.0 Å². The fourth-order valence-electron chi connectivity index (χ4n) is 2.59. The summed E-state index contributed by atoms with van der Waals surface area (Å²) in [6.07, 6.45) is 9.83. The second-order valence-corrected chi connectivity index (χ2v) is 4.48. The Labute approximate surface area is 92.7 Å². The summed E-state index contributed by atoms with van der Waals surface area (Å²) >= 11 is 0. The van der Waals surface area contributed by atoms with E-state index < -0.39 is 0 Å². The maximum absolute atomic E-state index is 3.58. The SMILES string of the molecule is CCCn1cc2c(c1)C(NCC)CCC2. The summed E-state index contributed by atoms with van der Waals surface area (Å²) in [5.74, 6) is 0. The molecule has 0 radical (unpaired) electrons. The van der Waals surface area contributed by atoms with Gasteiger partial charge in [-0.1, -0.05) is 13.8 Å². The minimum Gasteiger partial charge on any atom is -0.354 e. The number of hydrogen-bond acceptors (Lipinski definition) is 1. The second-order valence-electron chi connectivity index (χ2n) is 4.48. The minimum absolute atomic E-state index is 0.608. The van der Waals surface area contributed by atoms with Gasteiger partial charge >= 0.3 is 0 Å². The van der Waals surface area contributed by atoms with E-state index in [2.05, 4.69) is 36.1 Å². The van der Waals surface area contributed by atoms with Gasteiger partial charge in [0.15, 0.2) is 0 Å². The van der Waals surface area contributed by atoms with Crippen LogP contribution < -0.4 is 5.32 Å². The first-order valence-electron chi connectivity index (χ1n) is 6.27. The van der Waals surface area contributed by atoms with Crippen LogP contribution in [0.3, 0.4) is 0 Å². The number of hydrogen-bond donors (Lipinski definition) is 1. The van der Waals surface area contributed by atoms with Crippen molar-refractivity contribution in [2.45, 2.75) is 52.1 Å². The Kier molecular flexibility index (Phi) is 3.47. The third kappa shape index (κ3) is 2.25. The molecule has 0 fully saturated rings. The molecule has 0 aliphatic heterocycles. The Hall–Kier alpha value is -0.760. The van der Waals surface area contributed by atoms with Crippen molar-refractivity contribution in [2.24, 2.45) is 0 Å². The highest BCUT2D eigenvalue weighted by molar-refractivity contribution is 5.30. The highest BCUT2D eigenvalue weighted by Gasteiger charge is 2.20. The molecule has 2 nitrogen and oxygen atoms in total. The molecular formula is C13H22N2. The van der Waals surface area contributed by atoms with E-state index in [9.17, 15) is 0 Å². The molecule has 0 spiro atoms. The predicted molar refractivity (Wildman–Crippen MR) is 64.1 cm³/mol. The smallest absolute Gasteiger partial charge is 0.0338 e. The molecule has 0 aromatic carbocycles. The van der Waals surface area contributed by atoms with Crippen LogP contribution in [0.4, 0.5) is 0 Å². The summed E-state index contributed by atoms with van der Waals surface area (Å²) in [4.78, 5) is 0. The molecule has 2 heteroatoms. The molecule has 1 atom stereocenters. The highest BCUT2D eigenvalue weighted by atomic mass is 15.0. The van der Waals surface area contributed by atoms with Gasteiger partial charge in [-0.25, -0.2) is 0 Å². The van der Waals surface area contributed by atoms with E-state index in [0.29, 0.717) is 6.04 Å². The largest absolute Gasteiger partial charge is 0.354 e. The molecule has 15 heavy (non-hydrogen) atoms. The maximum Gasteiger partial charge on any atom is 0.0338 e. The van der Waals surface area contributed by atoms with E-state index in [1.807, 2.05) is 0 Å². The van der Waals surface area contributed by atoms with Crippen LogP contribution in [0.2, 0.25) is 0 Å². The fraction of sp³-hybridized carbons (Fsp3) is 0.692. The zero-order valence-electron chi connectivity index (χ0n) is 9.92. The van der Waals surface area contributed by atoms with Crippen LogP contribution in [0.15, 0.2) is 12.4 Å². The maximum atomic E-state index is 3.58. The molecule has 0 saturated carbocycles. The molecule has 84 valence electrons. The average Bonchev–Trinajstić information content (AvgIpc) is 2.62. The summed E-state index contributed by atoms with van der Waals surface area (Å²) < 4.78 is 2.36. The quantitative estimate of drug-likeness (QED) is 0.801. The molecule has 1 aliphatic carbocycles. The van der Waals surface area contributed by atoms with Crippen molar-refractivity contribution in [3.63, 3.8) is 0 Å². The lowest BCUT2D eigenvalue weighted by Crippen LogP contribution is -2.23. The van der Waals surface area contributed by atoms with Crippen LogP contribution in [-0.4, -0.2) is 11.1 Å². The molecule has 1 aromatic rings. The first-order valence-corrected chi connectivity index (χ1v) is 6.27. The highest BCUT2D eigenvalue weighted by Crippen LogP contribution is 2.30. The molecule has 0 amide bonds. The topological polar surface area (TPSA) is 17.0 Å². The van der Waals surface area contributed by atoms with E-state index in [1.165, 1.54) is 25.7 Å². The summed E-state index contributed by atoms with van der Waals surface area (Å²) in [7, 11) is 0. The molecule has 1 aromatic heterocycles. The molecular weight excluding hydrogens is 184 g/mol. The van der Waals surface area contributed by atoms with Gasteiger partial charge in [0.2, 0.25) is 0 Å². The molecule has 1 heterocycles. The van der Waals surface area contributed by atoms with Gasteiger partial charge in [0.05, 0.1) is 0 Å². The van der Waals surface area contributed by atoms with Crippen molar-refractivity contribution < 1.29 is 0 Å². The first-order chi connectivity index (χ1) is 7.35. The Morgan fingerprint density at radius 3 is 3.00 bits per heavy atom. The zero-order chi connectivity index (χ0) is 10.7. The number of rotatable bonds is 4. The zero-order valence-corrected chi connectivity index (χ0v) is 9.92. The van der Waals surface area contributed by atoms with Crippen LogP contribution >= 0.6 is 0 Å². The van der Waals surface area contributed by atoms with Gasteiger partial charge in [0.25, 0.3) is 0 Å². The number of nitrogens with one attached hydrogen (secondary N) is 1. The molecule has 0 saturated heterocycles. The molecule has 1 aliphatic rings. The Bertz CT molecular complexity index is 314. The molecule has 2 rings (SSSR count). The van der Waals surface area contributed by atoms with Gasteiger partial charge in [-0.05, 0) is 43.4 Å². The summed E-state index contributed by atoms with van der Waals surface area (Å²) in [6.45, 7) is 6.66. The van der Waals surface area contributed by atoms with Crippen LogP contribution in [0.5, 0.6) is 0 Å². The summed E-state index contributed by atoms with van der Waals surface area (Å²) in [5.41, 5.74) is 3.12. The van der Waals surface area contributed by atoms with Crippen molar-refractivity contribution in [3.8, 4) is 0 Å². The first kappa shape index (κ1) is 10.7. The monoisotopic (exact) mass is 206 g/mol. The van der Waals surface area contributed by atoms with Crippen LogP contribution in [0.25, 0.3) is 0 Å². The van der Waals surface area contributed by atoms with E-state index in [-0.39, 0.29) is 0 Å². The van der Waals surface area contributed by atoms with Crippen molar-refractivity contribution in [1.82, 2.24) is 9.88 Å². The van der Waals surface area contributed by atoms with Gasteiger partial charge in [-0.3, -0.25) is 0 Å². The van der Waals surface area contributed by atoms with Crippen LogP contribution in [0, 0.1) is 0 Å². The standard InChI is InChI=1S/C13H22N2/c1-3-8-15-9-11-6-5-7-13(14-4-2)12(11)10-15/h9-10,13-14H,3-8H2,1-2H3. The van der Waals surface area contributed by atoms with Crippen molar-refractivity contribution in [2.75, 3.05) is 6.54 Å². The van der Waals surface area contributed by atoms with E-state index in [1.54, 1.807) is 11.1 Å². The Morgan fingerprint density at radius 2 is 2.27 bits per heavy atom. The average molecular weight is 206 g/mol. The van der Waals surface area contributed by atoms with Gasteiger partial charge in [-0.15, -0.1) is 0 Å². The lowest BCUT2D eigenvalue weighted by atomic mass is 9.91. The summed E-state index contributed by atoms with van der Waals surface area (Å²) in [6, 6.07) is 0.608. The molecule has 0 bridgehead atoms. The van der Waals surface area contributed by atoms with Crippen LogP contribution in [0.1, 0.15) is 50.3 Å². The lowest BCUT2D eigenvalue weighted by molar-refractivity contribution is 0.473. The van der Waals surface area contributed by atoms with Gasteiger partial charge in [-0.2, -0.15) is 0 Å². The predicted octanol–water partition coefficient (Wildman–Crippen LogP) is 2.89. The number of aromatic nitrogens is 1. The van der Waals surface area contributed by atoms with E-state index in [0.717, 1.165) is 13.1 Å². The van der Waals surface area contributed by atoms with Crippen molar-refractivity contribution in [3.05, 3.63) is 23.5 Å². The second kappa shape index (κ2) is 4.84. The Morgan fingerprint density at radius 1 is 1.40 bits per heavy atom. The van der Waals surface area contributed by atoms with Crippen molar-refractivity contribution >= 4 is 0 Å². The minimum atomic E-state index is 0.608. The van der Waals surface area contributed by atoms with Gasteiger partial charge < -0.3 is 9.88 Å². The van der Waals surface area contributed by atoms with Gasteiger partial charge in [0, 0.05) is 25.0 Å². The molecule has 1 unspecified atom stereocenters. The lowest BCUT2D eigenvalue weighted by Gasteiger charge is -2.22.